The lowest BCUT2D eigenvalue weighted by Crippen LogP contribution is -2.26. The Labute approximate surface area is 113 Å². The third-order valence-corrected chi connectivity index (χ3v) is 4.15. The van der Waals surface area contributed by atoms with Gasteiger partial charge in [-0.05, 0) is 19.1 Å². The highest BCUT2D eigenvalue weighted by Gasteiger charge is 2.15. The van der Waals surface area contributed by atoms with Crippen LogP contribution in [0.2, 0.25) is 5.02 Å². The van der Waals surface area contributed by atoms with Crippen LogP contribution in [0.4, 0.5) is 0 Å². The summed E-state index contributed by atoms with van der Waals surface area (Å²) < 4.78 is 28.4. The summed E-state index contributed by atoms with van der Waals surface area (Å²) in [7, 11) is -1.64. The minimum Gasteiger partial charge on any atom is -0.380 e. The molecule has 1 aromatic rings. The molecule has 1 rings (SSSR count). The van der Waals surface area contributed by atoms with Crippen molar-refractivity contribution < 1.29 is 13.2 Å². The van der Waals surface area contributed by atoms with Crippen LogP contribution < -0.4 is 5.32 Å². The molecule has 0 aromatic heterocycles. The maximum Gasteiger partial charge on any atom is 0.175 e. The summed E-state index contributed by atoms with van der Waals surface area (Å²) in [5.41, 5.74) is 0.602. The zero-order valence-electron chi connectivity index (χ0n) is 10.7. The Morgan fingerprint density at radius 3 is 2.67 bits per heavy atom. The van der Waals surface area contributed by atoms with Gasteiger partial charge in [0.1, 0.15) is 0 Å². The van der Waals surface area contributed by atoms with Crippen LogP contribution >= 0.6 is 11.6 Å². The van der Waals surface area contributed by atoms with Gasteiger partial charge in [0.25, 0.3) is 0 Å². The Morgan fingerprint density at radius 1 is 1.44 bits per heavy atom. The van der Waals surface area contributed by atoms with Gasteiger partial charge in [0.2, 0.25) is 0 Å². The monoisotopic (exact) mass is 291 g/mol. The smallest absolute Gasteiger partial charge is 0.175 e. The van der Waals surface area contributed by atoms with Crippen LogP contribution in [-0.4, -0.2) is 34.4 Å². The highest BCUT2D eigenvalue weighted by Crippen LogP contribution is 2.23. The lowest BCUT2D eigenvalue weighted by molar-refractivity contribution is 0.117. The Morgan fingerprint density at radius 2 is 2.11 bits per heavy atom. The van der Waals surface area contributed by atoms with Crippen molar-refractivity contribution in [1.82, 2.24) is 5.32 Å². The Balaban J connectivity index is 2.88. The predicted octanol–water partition coefficient (Wildman–Crippen LogP) is 1.87. The number of rotatable bonds is 6. The van der Waals surface area contributed by atoms with Gasteiger partial charge >= 0.3 is 0 Å². The second-order valence-corrected chi connectivity index (χ2v) is 6.56. The van der Waals surface area contributed by atoms with Crippen LogP contribution in [-0.2, 0) is 21.1 Å². The van der Waals surface area contributed by atoms with Crippen molar-refractivity contribution in [2.45, 2.75) is 24.5 Å². The van der Waals surface area contributed by atoms with Gasteiger partial charge < -0.3 is 10.1 Å². The van der Waals surface area contributed by atoms with Crippen molar-refractivity contribution in [2.75, 3.05) is 19.9 Å². The molecule has 0 aliphatic rings. The summed E-state index contributed by atoms with van der Waals surface area (Å²) in [6.07, 6.45) is 1.24. The van der Waals surface area contributed by atoms with E-state index in [4.69, 9.17) is 16.3 Å². The molecule has 0 amide bonds. The highest BCUT2D eigenvalue weighted by molar-refractivity contribution is 7.90. The van der Waals surface area contributed by atoms with E-state index in [-0.39, 0.29) is 11.0 Å². The fraction of sp³-hybridized carbons (Fsp3) is 0.500. The van der Waals surface area contributed by atoms with E-state index < -0.39 is 9.84 Å². The van der Waals surface area contributed by atoms with Crippen LogP contribution in [0.1, 0.15) is 12.5 Å². The van der Waals surface area contributed by atoms with Gasteiger partial charge in [0, 0.05) is 37.0 Å². The molecular formula is C12H18ClNO3S. The van der Waals surface area contributed by atoms with Crippen molar-refractivity contribution in [2.24, 2.45) is 0 Å². The van der Waals surface area contributed by atoms with Gasteiger partial charge in [-0.25, -0.2) is 8.42 Å². The average molecular weight is 292 g/mol. The van der Waals surface area contributed by atoms with Crippen molar-refractivity contribution in [3.05, 3.63) is 28.8 Å². The molecule has 1 N–H and O–H groups in total. The molecule has 18 heavy (non-hydrogen) atoms. The summed E-state index contributed by atoms with van der Waals surface area (Å²) in [6.45, 7) is 2.96. The maximum absolute atomic E-state index is 11.6. The first-order chi connectivity index (χ1) is 8.36. The van der Waals surface area contributed by atoms with E-state index in [0.29, 0.717) is 23.7 Å². The van der Waals surface area contributed by atoms with Crippen molar-refractivity contribution in [1.29, 1.82) is 0 Å². The Bertz CT molecular complexity index is 502. The number of hydrogen-bond acceptors (Lipinski definition) is 4. The van der Waals surface area contributed by atoms with Gasteiger partial charge in [-0.3, -0.25) is 0 Å². The molecule has 1 unspecified atom stereocenters. The summed E-state index contributed by atoms with van der Waals surface area (Å²) in [4.78, 5) is 0.271. The summed E-state index contributed by atoms with van der Waals surface area (Å²) in [5, 5.41) is 3.59. The normalized spacial score (nSPS) is 13.6. The second-order valence-electron chi connectivity index (χ2n) is 4.17. The lowest BCUT2D eigenvalue weighted by Gasteiger charge is -2.13. The Hall–Kier alpha value is -0.620. The molecule has 0 radical (unpaired) electrons. The highest BCUT2D eigenvalue weighted by atomic mass is 35.5. The minimum absolute atomic E-state index is 0.0640. The van der Waals surface area contributed by atoms with Crippen molar-refractivity contribution >= 4 is 21.4 Å². The zero-order valence-corrected chi connectivity index (χ0v) is 12.3. The number of methoxy groups -OCH3 is 1. The first-order valence-corrected chi connectivity index (χ1v) is 7.84. The predicted molar refractivity (Wildman–Crippen MR) is 72.7 cm³/mol. The molecule has 0 fully saturated rings. The molecule has 0 bridgehead atoms. The zero-order chi connectivity index (χ0) is 13.8. The van der Waals surface area contributed by atoms with Crippen LogP contribution in [0, 0.1) is 0 Å². The topological polar surface area (TPSA) is 55.4 Å². The molecule has 0 aliphatic heterocycles. The molecule has 0 spiro atoms. The maximum atomic E-state index is 11.6. The van der Waals surface area contributed by atoms with E-state index in [0.717, 1.165) is 0 Å². The summed E-state index contributed by atoms with van der Waals surface area (Å²) >= 11 is 6.05. The van der Waals surface area contributed by atoms with Gasteiger partial charge in [-0.1, -0.05) is 17.7 Å². The van der Waals surface area contributed by atoms with Gasteiger partial charge in [0.05, 0.1) is 11.0 Å². The number of nitrogens with one attached hydrogen (secondary N) is 1. The molecule has 0 aliphatic carbocycles. The lowest BCUT2D eigenvalue weighted by atomic mass is 10.2. The van der Waals surface area contributed by atoms with Gasteiger partial charge in [0.15, 0.2) is 9.84 Å². The van der Waals surface area contributed by atoms with E-state index in [2.05, 4.69) is 5.32 Å². The molecule has 102 valence electrons. The van der Waals surface area contributed by atoms with Crippen LogP contribution in [0.15, 0.2) is 23.1 Å². The van der Waals surface area contributed by atoms with E-state index in [9.17, 15) is 8.42 Å². The summed E-state index contributed by atoms with van der Waals surface area (Å²) in [6, 6.07) is 4.89. The van der Waals surface area contributed by atoms with E-state index in [1.54, 1.807) is 25.3 Å². The number of halogens is 1. The van der Waals surface area contributed by atoms with E-state index in [1.807, 2.05) is 6.92 Å². The molecular weight excluding hydrogens is 274 g/mol. The average Bonchev–Trinajstić information content (AvgIpc) is 2.29. The molecule has 0 saturated heterocycles. The third-order valence-electron chi connectivity index (χ3n) is 2.61. The van der Waals surface area contributed by atoms with Crippen molar-refractivity contribution in [3.8, 4) is 0 Å². The van der Waals surface area contributed by atoms with E-state index in [1.165, 1.54) is 6.26 Å². The van der Waals surface area contributed by atoms with Gasteiger partial charge in [-0.2, -0.15) is 0 Å². The van der Waals surface area contributed by atoms with Crippen LogP contribution in [0.25, 0.3) is 0 Å². The summed E-state index contributed by atoms with van der Waals surface area (Å²) in [5.74, 6) is 0. The number of sulfone groups is 1. The second kappa shape index (κ2) is 6.52. The minimum atomic E-state index is -3.27. The molecule has 4 nitrogen and oxygen atoms in total. The fourth-order valence-electron chi connectivity index (χ4n) is 1.54. The number of ether oxygens (including phenoxy) is 1. The largest absolute Gasteiger partial charge is 0.380 e. The number of hydrogen-bond donors (Lipinski definition) is 1. The fourth-order valence-corrected chi connectivity index (χ4v) is 2.79. The van der Waals surface area contributed by atoms with Crippen LogP contribution in [0.5, 0.6) is 0 Å². The molecule has 6 heteroatoms. The molecule has 1 atom stereocenters. The number of benzene rings is 1. The van der Waals surface area contributed by atoms with Gasteiger partial charge in [-0.15, -0.1) is 0 Å². The third kappa shape index (κ3) is 4.24. The van der Waals surface area contributed by atoms with Crippen LogP contribution in [0.3, 0.4) is 0 Å². The first kappa shape index (κ1) is 15.4. The van der Waals surface area contributed by atoms with E-state index >= 15 is 0 Å². The van der Waals surface area contributed by atoms with Crippen molar-refractivity contribution in [3.63, 3.8) is 0 Å². The molecule has 0 saturated carbocycles. The molecule has 0 heterocycles. The Kier molecular flexibility index (Phi) is 5.59. The SMILES string of the molecule is COC(C)CNCc1c(Cl)cccc1S(C)(=O)=O. The molecule has 1 aromatic carbocycles. The standard InChI is InChI=1S/C12H18ClNO3S/c1-9(17-2)7-14-8-10-11(13)5-4-6-12(10)18(3,15)16/h4-6,9,14H,7-8H2,1-3H3. The quantitative estimate of drug-likeness (QED) is 0.869. The first-order valence-electron chi connectivity index (χ1n) is 5.57.